The lowest BCUT2D eigenvalue weighted by atomic mass is 10.1. The summed E-state index contributed by atoms with van der Waals surface area (Å²) < 4.78 is 37.9. The number of hydrogen-bond acceptors (Lipinski definition) is 2. The Labute approximate surface area is 109 Å². The van der Waals surface area contributed by atoms with Crippen LogP contribution < -0.4 is 5.32 Å². The van der Waals surface area contributed by atoms with Crippen LogP contribution in [0, 0.1) is 6.92 Å². The fourth-order valence-corrected chi connectivity index (χ4v) is 2.10. The third-order valence-corrected chi connectivity index (χ3v) is 3.32. The number of nitrogens with one attached hydrogen (secondary N) is 1. The molecule has 0 radical (unpaired) electrons. The van der Waals surface area contributed by atoms with Crippen LogP contribution in [-0.2, 0) is 11.0 Å². The van der Waals surface area contributed by atoms with Crippen LogP contribution in [0.4, 0.5) is 18.9 Å². The van der Waals surface area contributed by atoms with Crippen molar-refractivity contribution in [2.75, 3.05) is 18.9 Å². The number of hydrogen-bond donors (Lipinski definition) is 1. The van der Waals surface area contributed by atoms with Gasteiger partial charge in [-0.2, -0.15) is 13.2 Å². The van der Waals surface area contributed by atoms with Gasteiger partial charge in [-0.05, 0) is 31.0 Å². The highest BCUT2D eigenvalue weighted by molar-refractivity contribution is 5.86. The molecule has 0 spiro atoms. The van der Waals surface area contributed by atoms with Gasteiger partial charge in [0.2, 0.25) is 5.91 Å². The number of alkyl halides is 3. The maximum absolute atomic E-state index is 12.6. The molecule has 1 N–H and O–H groups in total. The maximum Gasteiger partial charge on any atom is 0.416 e. The van der Waals surface area contributed by atoms with Crippen LogP contribution in [0.1, 0.15) is 17.5 Å². The number of halogens is 3. The van der Waals surface area contributed by atoms with E-state index in [1.165, 1.54) is 6.07 Å². The molecular formula is C13H15F3N2O. The van der Waals surface area contributed by atoms with Crippen molar-refractivity contribution in [2.45, 2.75) is 25.6 Å². The Hall–Kier alpha value is -1.72. The van der Waals surface area contributed by atoms with Gasteiger partial charge in [-0.25, -0.2) is 0 Å². The van der Waals surface area contributed by atoms with Crippen molar-refractivity contribution < 1.29 is 18.0 Å². The summed E-state index contributed by atoms with van der Waals surface area (Å²) in [5.74, 6) is -0.0863. The molecule has 1 amide bonds. The summed E-state index contributed by atoms with van der Waals surface area (Å²) in [6.07, 6.45) is -3.77. The predicted octanol–water partition coefficient (Wildman–Crippen LogP) is 2.66. The Bertz CT molecular complexity index is 499. The maximum atomic E-state index is 12.6. The Balaban J connectivity index is 2.23. The molecule has 1 unspecified atom stereocenters. The van der Waals surface area contributed by atoms with Crippen molar-refractivity contribution >= 4 is 11.6 Å². The van der Waals surface area contributed by atoms with Crippen LogP contribution in [0.5, 0.6) is 0 Å². The third kappa shape index (κ3) is 2.83. The lowest BCUT2D eigenvalue weighted by Crippen LogP contribution is -2.31. The van der Waals surface area contributed by atoms with Crippen LogP contribution in [0.25, 0.3) is 0 Å². The SMILES string of the molecule is Cc1ccc(C(F)(F)F)cc1NC1CCN(C)C1=O. The van der Waals surface area contributed by atoms with Gasteiger partial charge in [0, 0.05) is 19.3 Å². The zero-order chi connectivity index (χ0) is 14.2. The topological polar surface area (TPSA) is 32.3 Å². The van der Waals surface area contributed by atoms with Gasteiger partial charge in [-0.1, -0.05) is 6.07 Å². The summed E-state index contributed by atoms with van der Waals surface area (Å²) in [4.78, 5) is 13.3. The quantitative estimate of drug-likeness (QED) is 0.897. The summed E-state index contributed by atoms with van der Waals surface area (Å²) in [5.41, 5.74) is 0.346. The first-order valence-electron chi connectivity index (χ1n) is 5.98. The van der Waals surface area contributed by atoms with Crippen molar-refractivity contribution in [2.24, 2.45) is 0 Å². The van der Waals surface area contributed by atoms with E-state index in [0.717, 1.165) is 12.1 Å². The average Bonchev–Trinajstić information content (AvgIpc) is 2.62. The van der Waals surface area contributed by atoms with E-state index in [-0.39, 0.29) is 5.91 Å². The predicted molar refractivity (Wildman–Crippen MR) is 65.8 cm³/mol. The minimum atomic E-state index is -4.37. The van der Waals surface area contributed by atoms with Crippen LogP contribution in [0.15, 0.2) is 18.2 Å². The molecule has 19 heavy (non-hydrogen) atoms. The van der Waals surface area contributed by atoms with Crippen LogP contribution >= 0.6 is 0 Å². The number of likely N-dealkylation sites (N-methyl/N-ethyl adjacent to an activating group) is 1. The van der Waals surface area contributed by atoms with Crippen LogP contribution in [0.3, 0.4) is 0 Å². The number of likely N-dealkylation sites (tertiary alicyclic amines) is 1. The molecule has 1 saturated heterocycles. The Morgan fingerprint density at radius 3 is 2.58 bits per heavy atom. The largest absolute Gasteiger partial charge is 0.416 e. The van der Waals surface area contributed by atoms with E-state index in [4.69, 9.17) is 0 Å². The molecule has 1 heterocycles. The van der Waals surface area contributed by atoms with E-state index in [0.29, 0.717) is 24.2 Å². The number of carbonyl (C=O) groups is 1. The third-order valence-electron chi connectivity index (χ3n) is 3.32. The molecule has 1 aliphatic rings. The average molecular weight is 272 g/mol. The molecule has 6 heteroatoms. The molecule has 104 valence electrons. The zero-order valence-corrected chi connectivity index (χ0v) is 10.7. The lowest BCUT2D eigenvalue weighted by molar-refractivity contribution is -0.137. The van der Waals surface area contributed by atoms with Crippen LogP contribution in [0.2, 0.25) is 0 Å². The second-order valence-electron chi connectivity index (χ2n) is 4.77. The highest BCUT2D eigenvalue weighted by Gasteiger charge is 2.32. The Kier molecular flexibility index (Phi) is 3.43. The molecule has 2 rings (SSSR count). The number of aryl methyl sites for hydroxylation is 1. The van der Waals surface area contributed by atoms with Gasteiger partial charge >= 0.3 is 6.18 Å². The van der Waals surface area contributed by atoms with Gasteiger partial charge in [-0.15, -0.1) is 0 Å². The van der Waals surface area contributed by atoms with E-state index >= 15 is 0 Å². The molecular weight excluding hydrogens is 257 g/mol. The standard InChI is InChI=1S/C13H15F3N2O/c1-8-3-4-9(13(14,15)16)7-11(8)17-10-5-6-18(2)12(10)19/h3-4,7,10,17H,5-6H2,1-2H3. The summed E-state index contributed by atoms with van der Waals surface area (Å²) in [7, 11) is 1.68. The molecule has 1 aromatic carbocycles. The van der Waals surface area contributed by atoms with Gasteiger partial charge in [0.05, 0.1) is 5.56 Å². The molecule has 0 saturated carbocycles. The normalized spacial score (nSPS) is 19.9. The molecule has 1 atom stereocenters. The first kappa shape index (κ1) is 13.7. The molecule has 1 fully saturated rings. The Morgan fingerprint density at radius 1 is 1.37 bits per heavy atom. The van der Waals surface area contributed by atoms with Crippen molar-refractivity contribution in [3.63, 3.8) is 0 Å². The van der Waals surface area contributed by atoms with Crippen molar-refractivity contribution in [3.05, 3.63) is 29.3 Å². The van der Waals surface area contributed by atoms with Crippen LogP contribution in [-0.4, -0.2) is 30.4 Å². The molecule has 1 aliphatic heterocycles. The monoisotopic (exact) mass is 272 g/mol. The van der Waals surface area contributed by atoms with E-state index in [2.05, 4.69) is 5.32 Å². The van der Waals surface area contributed by atoms with Gasteiger partial charge in [0.1, 0.15) is 6.04 Å². The summed E-state index contributed by atoms with van der Waals surface area (Å²) in [6, 6.07) is 3.07. The summed E-state index contributed by atoms with van der Waals surface area (Å²) in [6.45, 7) is 2.33. The Morgan fingerprint density at radius 2 is 2.05 bits per heavy atom. The fraction of sp³-hybridized carbons (Fsp3) is 0.462. The number of benzene rings is 1. The summed E-state index contributed by atoms with van der Waals surface area (Å²) in [5, 5.41) is 2.91. The van der Waals surface area contributed by atoms with Gasteiger partial charge in [-0.3, -0.25) is 4.79 Å². The fourth-order valence-electron chi connectivity index (χ4n) is 2.10. The first-order valence-corrected chi connectivity index (χ1v) is 5.98. The highest BCUT2D eigenvalue weighted by Crippen LogP contribution is 2.32. The molecule has 0 aromatic heterocycles. The second-order valence-corrected chi connectivity index (χ2v) is 4.77. The number of amides is 1. The van der Waals surface area contributed by atoms with Gasteiger partial charge < -0.3 is 10.2 Å². The number of nitrogens with zero attached hydrogens (tertiary/aromatic N) is 1. The second kappa shape index (κ2) is 4.75. The van der Waals surface area contributed by atoms with E-state index in [1.807, 2.05) is 0 Å². The lowest BCUT2D eigenvalue weighted by Gasteiger charge is -2.17. The minimum Gasteiger partial charge on any atom is -0.373 e. The first-order chi connectivity index (χ1) is 8.79. The molecule has 0 bridgehead atoms. The number of rotatable bonds is 2. The number of anilines is 1. The molecule has 3 nitrogen and oxygen atoms in total. The minimum absolute atomic E-state index is 0.0863. The van der Waals surface area contributed by atoms with E-state index in [9.17, 15) is 18.0 Å². The molecule has 0 aliphatic carbocycles. The molecule has 1 aromatic rings. The number of carbonyl (C=O) groups excluding carboxylic acids is 1. The van der Waals surface area contributed by atoms with Crippen molar-refractivity contribution in [3.8, 4) is 0 Å². The zero-order valence-electron chi connectivity index (χ0n) is 10.7. The highest BCUT2D eigenvalue weighted by atomic mass is 19.4. The van der Waals surface area contributed by atoms with Gasteiger partial charge in [0.25, 0.3) is 0 Å². The van der Waals surface area contributed by atoms with Crippen molar-refractivity contribution in [1.82, 2.24) is 4.90 Å². The van der Waals surface area contributed by atoms with E-state index < -0.39 is 17.8 Å². The van der Waals surface area contributed by atoms with E-state index in [1.54, 1.807) is 18.9 Å². The van der Waals surface area contributed by atoms with Crippen molar-refractivity contribution in [1.29, 1.82) is 0 Å². The smallest absolute Gasteiger partial charge is 0.373 e. The van der Waals surface area contributed by atoms with Gasteiger partial charge in [0.15, 0.2) is 0 Å². The summed E-state index contributed by atoms with van der Waals surface area (Å²) >= 11 is 0.